The van der Waals surface area contributed by atoms with Gasteiger partial charge in [-0.15, -0.1) is 11.3 Å². The number of nitrogens with zero attached hydrogens (tertiary/aromatic N) is 2. The molecule has 2 heterocycles. The smallest absolute Gasteiger partial charge is 0.280 e. The third-order valence-electron chi connectivity index (χ3n) is 4.52. The maximum absolute atomic E-state index is 12.4. The zero-order valence-electron chi connectivity index (χ0n) is 12.5. The van der Waals surface area contributed by atoms with Gasteiger partial charge in [0.05, 0.1) is 5.39 Å². The van der Waals surface area contributed by atoms with E-state index in [1.807, 2.05) is 0 Å². The van der Waals surface area contributed by atoms with Crippen molar-refractivity contribution in [2.75, 3.05) is 5.84 Å². The van der Waals surface area contributed by atoms with Gasteiger partial charge < -0.3 is 5.84 Å². The first-order chi connectivity index (χ1) is 9.29. The van der Waals surface area contributed by atoms with E-state index in [0.29, 0.717) is 17.2 Å². The van der Waals surface area contributed by atoms with Crippen LogP contribution in [0.25, 0.3) is 10.2 Å². The number of aromatic nitrogens is 2. The Balaban J connectivity index is 2.17. The van der Waals surface area contributed by atoms with E-state index in [0.717, 1.165) is 29.5 Å². The summed E-state index contributed by atoms with van der Waals surface area (Å²) in [5, 5.41) is 0.755. The summed E-state index contributed by atoms with van der Waals surface area (Å²) in [7, 11) is 0. The molecule has 0 radical (unpaired) electrons. The minimum Gasteiger partial charge on any atom is -0.335 e. The average Bonchev–Trinajstić information content (AvgIpc) is 2.71. The van der Waals surface area contributed by atoms with Crippen LogP contribution in [0.4, 0.5) is 0 Å². The molecule has 0 spiro atoms. The number of hydrogen-bond donors (Lipinski definition) is 1. The summed E-state index contributed by atoms with van der Waals surface area (Å²) in [4.78, 5) is 19.0. The van der Waals surface area contributed by atoms with Gasteiger partial charge in [0, 0.05) is 4.88 Å². The lowest BCUT2D eigenvalue weighted by Crippen LogP contribution is -2.31. The summed E-state index contributed by atoms with van der Waals surface area (Å²) < 4.78 is 1.17. The van der Waals surface area contributed by atoms with Crippen LogP contribution in [0.2, 0.25) is 0 Å². The van der Waals surface area contributed by atoms with Crippen LogP contribution < -0.4 is 11.4 Å². The zero-order valence-corrected chi connectivity index (χ0v) is 13.3. The van der Waals surface area contributed by atoms with Crippen LogP contribution in [0.3, 0.4) is 0 Å². The fourth-order valence-corrected chi connectivity index (χ4v) is 4.41. The first-order valence-corrected chi connectivity index (χ1v) is 7.89. The molecular weight excluding hydrogens is 270 g/mol. The molecule has 2 aromatic rings. The number of nitrogens with two attached hydrogens (primary N) is 1. The third-order valence-corrected chi connectivity index (χ3v) is 5.66. The fourth-order valence-electron chi connectivity index (χ4n) is 3.08. The Morgan fingerprint density at radius 1 is 1.40 bits per heavy atom. The minimum absolute atomic E-state index is 0.0980. The van der Waals surface area contributed by atoms with Gasteiger partial charge >= 0.3 is 0 Å². The molecule has 4 nitrogen and oxygen atoms in total. The number of aryl methyl sites for hydroxylation is 2. The maximum Gasteiger partial charge on any atom is 0.280 e. The molecule has 0 aliphatic heterocycles. The lowest BCUT2D eigenvalue weighted by Gasteiger charge is -2.33. The molecule has 108 valence electrons. The Hall–Kier alpha value is -1.36. The maximum atomic E-state index is 12.4. The molecule has 0 aromatic carbocycles. The Bertz CT molecular complexity index is 736. The summed E-state index contributed by atoms with van der Waals surface area (Å²) in [6, 6.07) is 0. The summed E-state index contributed by atoms with van der Waals surface area (Å²) in [5.74, 6) is 7.03. The quantitative estimate of drug-likeness (QED) is 0.759. The molecular formula is C15H21N3OS. The first kappa shape index (κ1) is 13.6. The molecule has 1 atom stereocenters. The Kier molecular flexibility index (Phi) is 2.94. The highest BCUT2D eigenvalue weighted by molar-refractivity contribution is 7.18. The number of fused-ring (bicyclic) bond motifs is 3. The van der Waals surface area contributed by atoms with Crippen molar-refractivity contribution in [1.82, 2.24) is 9.66 Å². The number of nitrogen functional groups attached to an aromatic ring is 1. The van der Waals surface area contributed by atoms with Crippen molar-refractivity contribution in [3.8, 4) is 0 Å². The van der Waals surface area contributed by atoms with E-state index in [9.17, 15) is 4.79 Å². The largest absolute Gasteiger partial charge is 0.335 e. The molecule has 1 aliphatic rings. The van der Waals surface area contributed by atoms with Gasteiger partial charge in [-0.2, -0.15) is 0 Å². The van der Waals surface area contributed by atoms with Crippen molar-refractivity contribution in [2.24, 2.45) is 11.3 Å². The predicted molar refractivity (Wildman–Crippen MR) is 83.7 cm³/mol. The van der Waals surface area contributed by atoms with Crippen molar-refractivity contribution >= 4 is 21.6 Å². The highest BCUT2D eigenvalue weighted by atomic mass is 32.1. The van der Waals surface area contributed by atoms with Gasteiger partial charge in [0.2, 0.25) is 0 Å². The fraction of sp³-hybridized carbons (Fsp3) is 0.600. The van der Waals surface area contributed by atoms with Crippen molar-refractivity contribution in [2.45, 2.75) is 47.0 Å². The van der Waals surface area contributed by atoms with E-state index < -0.39 is 0 Å². The van der Waals surface area contributed by atoms with E-state index in [4.69, 9.17) is 5.84 Å². The van der Waals surface area contributed by atoms with Crippen LogP contribution >= 0.6 is 11.3 Å². The van der Waals surface area contributed by atoms with E-state index in [2.05, 4.69) is 25.8 Å². The molecule has 0 fully saturated rings. The van der Waals surface area contributed by atoms with E-state index >= 15 is 0 Å². The SMILES string of the molecule is Cc1nc2sc3c(c2c(=O)n1N)CC[C@@H](C(C)(C)C)C3. The highest BCUT2D eigenvalue weighted by Gasteiger charge is 2.31. The molecule has 0 unspecified atom stereocenters. The van der Waals surface area contributed by atoms with Gasteiger partial charge in [0.25, 0.3) is 5.56 Å². The van der Waals surface area contributed by atoms with Crippen LogP contribution in [0.15, 0.2) is 4.79 Å². The second-order valence-corrected chi connectivity index (χ2v) is 7.91. The normalized spacial score (nSPS) is 19.3. The molecule has 1 aliphatic carbocycles. The van der Waals surface area contributed by atoms with Crippen molar-refractivity contribution < 1.29 is 0 Å². The molecule has 3 rings (SSSR count). The van der Waals surface area contributed by atoms with Gasteiger partial charge in [-0.05, 0) is 43.1 Å². The van der Waals surface area contributed by atoms with E-state index in [1.54, 1.807) is 18.3 Å². The standard InChI is InChI=1S/C15H21N3OS/c1-8-17-13-12(14(19)18(8)16)10-6-5-9(15(2,3)4)7-11(10)20-13/h9H,5-7,16H2,1-4H3/t9-/m1/s1. The summed E-state index contributed by atoms with van der Waals surface area (Å²) in [6.45, 7) is 8.67. The van der Waals surface area contributed by atoms with Crippen LogP contribution in [-0.4, -0.2) is 9.66 Å². The van der Waals surface area contributed by atoms with Crippen molar-refractivity contribution in [3.63, 3.8) is 0 Å². The monoisotopic (exact) mass is 291 g/mol. The van der Waals surface area contributed by atoms with E-state index in [1.165, 1.54) is 15.1 Å². The molecule has 0 amide bonds. The molecule has 20 heavy (non-hydrogen) atoms. The average molecular weight is 291 g/mol. The Labute approximate surface area is 122 Å². The molecule has 5 heteroatoms. The summed E-state index contributed by atoms with van der Waals surface area (Å²) in [6.07, 6.45) is 3.17. The van der Waals surface area contributed by atoms with Gasteiger partial charge in [-0.25, -0.2) is 9.66 Å². The molecule has 2 aromatic heterocycles. The second kappa shape index (κ2) is 4.32. The lowest BCUT2D eigenvalue weighted by atomic mass is 9.72. The van der Waals surface area contributed by atoms with Gasteiger partial charge in [-0.1, -0.05) is 20.8 Å². The van der Waals surface area contributed by atoms with Crippen LogP contribution in [-0.2, 0) is 12.8 Å². The molecule has 0 saturated carbocycles. The predicted octanol–water partition coefficient (Wildman–Crippen LogP) is 2.63. The Morgan fingerprint density at radius 2 is 2.10 bits per heavy atom. The molecule has 2 N–H and O–H groups in total. The third kappa shape index (κ3) is 1.95. The van der Waals surface area contributed by atoms with Crippen molar-refractivity contribution in [1.29, 1.82) is 0 Å². The number of thiophene rings is 1. The summed E-state index contributed by atoms with van der Waals surface area (Å²) in [5.41, 5.74) is 1.41. The highest BCUT2D eigenvalue weighted by Crippen LogP contribution is 2.41. The van der Waals surface area contributed by atoms with Crippen LogP contribution in [0, 0.1) is 18.3 Å². The Morgan fingerprint density at radius 3 is 2.75 bits per heavy atom. The topological polar surface area (TPSA) is 60.9 Å². The first-order valence-electron chi connectivity index (χ1n) is 7.08. The minimum atomic E-state index is -0.0980. The van der Waals surface area contributed by atoms with Crippen LogP contribution in [0.5, 0.6) is 0 Å². The summed E-state index contributed by atoms with van der Waals surface area (Å²) >= 11 is 1.68. The molecule has 0 saturated heterocycles. The number of hydrogen-bond acceptors (Lipinski definition) is 4. The van der Waals surface area contributed by atoms with E-state index in [-0.39, 0.29) is 5.56 Å². The van der Waals surface area contributed by atoms with Crippen molar-refractivity contribution in [3.05, 3.63) is 26.6 Å². The number of rotatable bonds is 0. The second-order valence-electron chi connectivity index (χ2n) is 6.82. The molecule has 0 bridgehead atoms. The van der Waals surface area contributed by atoms with Crippen LogP contribution in [0.1, 0.15) is 43.5 Å². The van der Waals surface area contributed by atoms with Gasteiger partial charge in [0.15, 0.2) is 0 Å². The van der Waals surface area contributed by atoms with Gasteiger partial charge in [0.1, 0.15) is 10.7 Å². The lowest BCUT2D eigenvalue weighted by molar-refractivity contribution is 0.218. The zero-order chi connectivity index (χ0) is 14.7. The van der Waals surface area contributed by atoms with Gasteiger partial charge in [-0.3, -0.25) is 4.79 Å².